The number of ether oxygens (including phenoxy) is 1. The van der Waals surface area contributed by atoms with Crippen LogP contribution >= 0.6 is 34.8 Å². The van der Waals surface area contributed by atoms with Crippen molar-refractivity contribution >= 4 is 79.8 Å². The van der Waals surface area contributed by atoms with Gasteiger partial charge in [-0.3, -0.25) is 14.5 Å². The van der Waals surface area contributed by atoms with Crippen molar-refractivity contribution in [2.75, 3.05) is 59.5 Å². The maximum Gasteiger partial charge on any atom is 0.327 e. The molecule has 1 amide bonds. The van der Waals surface area contributed by atoms with E-state index in [4.69, 9.17) is 49.7 Å². The first kappa shape index (κ1) is 64.7. The number of benzene rings is 6. The van der Waals surface area contributed by atoms with Crippen molar-refractivity contribution in [2.45, 2.75) is 53.2 Å². The molecule has 2 aliphatic heterocycles. The number of likely N-dealkylation sites (tertiary alicyclic amines) is 1. The van der Waals surface area contributed by atoms with E-state index >= 15 is 0 Å². The van der Waals surface area contributed by atoms with Crippen LogP contribution in [0.25, 0.3) is 101 Å². The van der Waals surface area contributed by atoms with E-state index in [9.17, 15) is 18.4 Å². The Labute approximate surface area is 556 Å². The van der Waals surface area contributed by atoms with Crippen molar-refractivity contribution in [3.05, 3.63) is 196 Å². The Morgan fingerprint density at radius 2 is 0.904 bits per heavy atom. The van der Waals surface area contributed by atoms with Gasteiger partial charge < -0.3 is 14.5 Å². The van der Waals surface area contributed by atoms with Crippen LogP contribution in [-0.2, 0) is 34.0 Å². The van der Waals surface area contributed by atoms with E-state index in [-0.39, 0.29) is 42.5 Å². The number of aromatic nitrogens is 12. The van der Waals surface area contributed by atoms with Crippen LogP contribution in [0.3, 0.4) is 0 Å². The monoisotopic (exact) mass is 1320 g/mol. The van der Waals surface area contributed by atoms with Crippen LogP contribution in [-0.4, -0.2) is 146 Å². The lowest BCUT2D eigenvalue weighted by molar-refractivity contribution is -0.145. The fourth-order valence-electron chi connectivity index (χ4n) is 11.3. The smallest absolute Gasteiger partial charge is 0.327 e. The highest BCUT2D eigenvalue weighted by atomic mass is 35.5. The molecule has 0 bridgehead atoms. The molecular weight excluding hydrogens is 1260 g/mol. The number of hydrogen-bond donors (Lipinski definition) is 0. The molecule has 23 heteroatoms. The van der Waals surface area contributed by atoms with Gasteiger partial charge >= 0.3 is 5.97 Å². The lowest BCUT2D eigenvalue weighted by atomic mass is 10.0. The average Bonchev–Trinajstić information content (AvgIpc) is 1.60. The summed E-state index contributed by atoms with van der Waals surface area (Å²) in [6.07, 6.45) is 2.03. The second kappa shape index (κ2) is 29.2. The maximum atomic E-state index is 14.0. The number of esters is 1. The predicted molar refractivity (Wildman–Crippen MR) is 364 cm³/mol. The Morgan fingerprint density at radius 3 is 1.38 bits per heavy atom. The molecule has 2 saturated heterocycles. The summed E-state index contributed by atoms with van der Waals surface area (Å²) in [5.41, 5.74) is 10.4. The zero-order valence-electron chi connectivity index (χ0n) is 52.2. The van der Waals surface area contributed by atoms with Gasteiger partial charge in [0, 0.05) is 79.2 Å². The van der Waals surface area contributed by atoms with E-state index < -0.39 is 0 Å². The summed E-state index contributed by atoms with van der Waals surface area (Å²) in [4.78, 5) is 31.7. The van der Waals surface area contributed by atoms with Gasteiger partial charge in [0.25, 0.3) is 0 Å². The van der Waals surface area contributed by atoms with Gasteiger partial charge in [-0.15, -0.1) is 30.6 Å². The molecule has 0 aliphatic carbocycles. The van der Waals surface area contributed by atoms with E-state index in [2.05, 4.69) is 52.5 Å². The van der Waals surface area contributed by atoms with Crippen molar-refractivity contribution < 1.29 is 23.1 Å². The van der Waals surface area contributed by atoms with Crippen molar-refractivity contribution in [3.8, 4) is 67.5 Å². The Morgan fingerprint density at radius 1 is 0.479 bits per heavy atom. The van der Waals surface area contributed by atoms with Crippen LogP contribution in [0.2, 0.25) is 15.1 Å². The summed E-state index contributed by atoms with van der Waals surface area (Å²) in [6, 6.07) is 49.7. The predicted octanol–water partition coefficient (Wildman–Crippen LogP) is 14.1. The van der Waals surface area contributed by atoms with Crippen molar-refractivity contribution in [3.63, 3.8) is 0 Å². The third-order valence-corrected chi connectivity index (χ3v) is 17.4. The third-order valence-electron chi connectivity index (χ3n) is 16.3. The SMILES string of the molecule is CC(C)COC(=O)Cn1nc(-c2ccccc2)c2c(Cl)c(-c3ccccc3)nnc21.Cc1cc(-c2nn(CCN3CCN(C)CC3)c3nnc(-c4ccccc4)c(Cl)c23)ccc1F.O=C(Cn1nc(-c2ccccc2)c2c(Cl)c(-c3cccc(F)c3)nnc21)N1CCCC1. The zero-order valence-corrected chi connectivity index (χ0v) is 54.4. The Hall–Kier alpha value is -9.44. The highest BCUT2D eigenvalue weighted by molar-refractivity contribution is 6.40. The van der Waals surface area contributed by atoms with Gasteiger partial charge in [0.15, 0.2) is 16.9 Å². The number of piperazine rings is 1. The Kier molecular flexibility index (Phi) is 20.1. The van der Waals surface area contributed by atoms with Gasteiger partial charge in [-0.25, -0.2) is 22.8 Å². The molecule has 0 atom stereocenters. The standard InChI is InChI=1S/C25H26ClFN6.C23H19ClFN5O.C23H21ClN4O2/c1-17-16-19(8-9-20(17)27)23-21-22(26)24(18-6-4-3-5-7-18)28-29-25(21)33(30-23)15-14-32-12-10-31(2)11-13-32;24-20-19-21(15-7-2-1-3-8-15)28-30(14-18(31)29-11-4-5-12-29)23(19)27-26-22(20)16-9-6-10-17(25)13-16;1-15(2)14-30-18(29)13-28-23-19(21(27-28)16-9-5-3-6-10-16)20(24)22(25-26-23)17-11-7-4-8-12-17/h3-9,16H,10-15H2,1-2H3;1-3,6-10,13H,4-5,11-12,14H2;3-12,15H,13-14H2,1-2H3. The van der Waals surface area contributed by atoms with Crippen molar-refractivity contribution in [2.24, 2.45) is 5.92 Å². The molecule has 0 spiro atoms. The first-order valence-corrected chi connectivity index (χ1v) is 32.2. The number of amides is 1. The molecule has 2 aliphatic rings. The summed E-state index contributed by atoms with van der Waals surface area (Å²) in [5, 5.41) is 43.8. The van der Waals surface area contributed by atoms with Crippen LogP contribution in [0.4, 0.5) is 8.78 Å². The van der Waals surface area contributed by atoms with Crippen LogP contribution in [0.5, 0.6) is 0 Å². The van der Waals surface area contributed by atoms with E-state index in [0.29, 0.717) is 101 Å². The van der Waals surface area contributed by atoms with Gasteiger partial charge in [0.2, 0.25) is 5.91 Å². The number of carbonyl (C=O) groups excluding carboxylic acids is 2. The third kappa shape index (κ3) is 14.4. The molecule has 2 fully saturated rings. The summed E-state index contributed by atoms with van der Waals surface area (Å²) in [5.74, 6) is -0.753. The molecule has 14 rings (SSSR count). The Bertz CT molecular complexity index is 4660. The molecule has 478 valence electrons. The summed E-state index contributed by atoms with van der Waals surface area (Å²) >= 11 is 20.5. The van der Waals surface area contributed by atoms with E-state index in [1.54, 1.807) is 35.9 Å². The molecule has 8 heterocycles. The fraction of sp³-hybridized carbons (Fsp3) is 0.254. The number of carbonyl (C=O) groups is 2. The molecule has 6 aromatic carbocycles. The van der Waals surface area contributed by atoms with E-state index in [1.807, 2.05) is 145 Å². The second-order valence-electron chi connectivity index (χ2n) is 23.5. The largest absolute Gasteiger partial charge is 0.464 e. The normalized spacial score (nSPS) is 13.5. The second-order valence-corrected chi connectivity index (χ2v) is 24.6. The number of halogens is 5. The number of rotatable bonds is 15. The number of fused-ring (bicyclic) bond motifs is 3. The minimum atomic E-state index is -0.384. The fourth-order valence-corrected chi connectivity index (χ4v) is 12.3. The number of likely N-dealkylation sites (N-methyl/N-ethyl adjacent to an activating group) is 1. The number of aryl methyl sites for hydroxylation is 1. The molecule has 6 aromatic heterocycles. The van der Waals surface area contributed by atoms with Gasteiger partial charge in [0.1, 0.15) is 58.9 Å². The maximum absolute atomic E-state index is 14.0. The molecule has 18 nitrogen and oxygen atoms in total. The molecular formula is C71H66Cl3F2N15O3. The van der Waals surface area contributed by atoms with Gasteiger partial charge in [-0.2, -0.15) is 15.3 Å². The molecule has 0 N–H and O–H groups in total. The molecule has 0 radical (unpaired) electrons. The Balaban J connectivity index is 0.000000136. The number of hydrogen-bond acceptors (Lipinski definition) is 14. The first-order chi connectivity index (χ1) is 45.7. The van der Waals surface area contributed by atoms with E-state index in [0.717, 1.165) is 91.9 Å². The highest BCUT2D eigenvalue weighted by Gasteiger charge is 2.28. The van der Waals surface area contributed by atoms with Gasteiger partial charge in [0.05, 0.1) is 44.4 Å². The molecule has 0 saturated carbocycles. The van der Waals surface area contributed by atoms with Crippen molar-refractivity contribution in [1.29, 1.82) is 0 Å². The van der Waals surface area contributed by atoms with Crippen LogP contribution in [0, 0.1) is 24.5 Å². The average molecular weight is 1320 g/mol. The van der Waals surface area contributed by atoms with Gasteiger partial charge in [-0.05, 0) is 68.6 Å². The lowest BCUT2D eigenvalue weighted by Gasteiger charge is -2.32. The molecule has 0 unspecified atom stereocenters. The highest BCUT2D eigenvalue weighted by Crippen LogP contribution is 2.41. The minimum absolute atomic E-state index is 0.00589. The topological polar surface area (TPSA) is 184 Å². The summed E-state index contributed by atoms with van der Waals surface area (Å²) < 4.78 is 38.0. The van der Waals surface area contributed by atoms with Gasteiger partial charge in [-0.1, -0.05) is 182 Å². The van der Waals surface area contributed by atoms with Crippen LogP contribution < -0.4 is 0 Å². The summed E-state index contributed by atoms with van der Waals surface area (Å²) in [6.45, 7) is 13.3. The summed E-state index contributed by atoms with van der Waals surface area (Å²) in [7, 11) is 2.15. The number of nitrogens with zero attached hydrogens (tertiary/aromatic N) is 15. The lowest BCUT2D eigenvalue weighted by Crippen LogP contribution is -2.45. The van der Waals surface area contributed by atoms with Crippen LogP contribution in [0.15, 0.2) is 164 Å². The zero-order chi connectivity index (χ0) is 65.4. The molecule has 12 aromatic rings. The molecule has 94 heavy (non-hydrogen) atoms. The first-order valence-electron chi connectivity index (χ1n) is 31.0. The van der Waals surface area contributed by atoms with E-state index in [1.165, 1.54) is 22.9 Å². The van der Waals surface area contributed by atoms with Crippen molar-refractivity contribution in [1.82, 2.24) is 74.6 Å². The quantitative estimate of drug-likeness (QED) is 0.0883. The minimum Gasteiger partial charge on any atom is -0.464 e. The van der Waals surface area contributed by atoms with Crippen LogP contribution in [0.1, 0.15) is 32.3 Å².